The van der Waals surface area contributed by atoms with Crippen molar-refractivity contribution in [3.05, 3.63) is 23.0 Å². The van der Waals surface area contributed by atoms with Gasteiger partial charge in [-0.25, -0.2) is 12.7 Å². The molecule has 1 aliphatic rings. The Kier molecular flexibility index (Phi) is 6.11. The fraction of sp³-hybridized carbons (Fsp3) is 0.444. The van der Waals surface area contributed by atoms with Gasteiger partial charge in [0.15, 0.2) is 4.80 Å². The van der Waals surface area contributed by atoms with Crippen LogP contribution in [0.25, 0.3) is 10.2 Å². The highest BCUT2D eigenvalue weighted by atomic mass is 32.2. The van der Waals surface area contributed by atoms with Crippen LogP contribution in [-0.2, 0) is 21.4 Å². The number of thioether (sulfide) groups is 1. The van der Waals surface area contributed by atoms with Gasteiger partial charge in [0.05, 0.1) is 23.0 Å². The van der Waals surface area contributed by atoms with Crippen molar-refractivity contribution in [2.24, 2.45) is 10.9 Å². The molecule has 2 heterocycles. The average Bonchev–Trinajstić information content (AvgIpc) is 2.97. The van der Waals surface area contributed by atoms with Crippen molar-refractivity contribution >= 4 is 49.2 Å². The highest BCUT2D eigenvalue weighted by Crippen LogP contribution is 2.25. The molecule has 1 saturated heterocycles. The van der Waals surface area contributed by atoms with Crippen molar-refractivity contribution in [2.45, 2.75) is 24.3 Å². The fourth-order valence-electron chi connectivity index (χ4n) is 3.13. The molecule has 1 aliphatic heterocycles. The molecule has 2 aromatic rings. The van der Waals surface area contributed by atoms with E-state index in [9.17, 15) is 13.2 Å². The Labute approximate surface area is 167 Å². The summed E-state index contributed by atoms with van der Waals surface area (Å²) >= 11 is 3.11. The van der Waals surface area contributed by atoms with Crippen molar-refractivity contribution in [2.75, 3.05) is 25.6 Å². The number of piperidine rings is 1. The predicted molar refractivity (Wildman–Crippen MR) is 110 cm³/mol. The number of aromatic nitrogens is 1. The van der Waals surface area contributed by atoms with Crippen molar-refractivity contribution < 1.29 is 13.2 Å². The highest BCUT2D eigenvalue weighted by molar-refractivity contribution is 7.98. The molecule has 0 unspecified atom stereocenters. The van der Waals surface area contributed by atoms with Crippen LogP contribution in [-0.4, -0.2) is 48.8 Å². The zero-order valence-electron chi connectivity index (χ0n) is 15.2. The maximum Gasteiger partial charge on any atom is 0.251 e. The molecule has 0 aliphatic carbocycles. The van der Waals surface area contributed by atoms with Gasteiger partial charge in [-0.3, -0.25) is 4.79 Å². The van der Waals surface area contributed by atoms with Crippen LogP contribution in [0.4, 0.5) is 0 Å². The maximum atomic E-state index is 12.7. The van der Waals surface area contributed by atoms with Gasteiger partial charge in [0.2, 0.25) is 10.0 Å². The van der Waals surface area contributed by atoms with Gasteiger partial charge in [-0.05, 0) is 37.3 Å². The SMILES string of the molecule is C#CCn1c(=NC(=O)C2CCN(S(C)(=O)=O)CC2)sc2cc(SC)ccc21. The molecule has 0 bridgehead atoms. The van der Waals surface area contributed by atoms with E-state index < -0.39 is 10.0 Å². The smallest absolute Gasteiger partial charge is 0.251 e. The molecular formula is C18H21N3O3S3. The molecular weight excluding hydrogens is 402 g/mol. The number of nitrogens with zero attached hydrogens (tertiary/aromatic N) is 3. The second kappa shape index (κ2) is 8.19. The molecule has 1 aromatic heterocycles. The number of benzene rings is 1. The van der Waals surface area contributed by atoms with Crippen LogP contribution in [0.5, 0.6) is 0 Å². The zero-order chi connectivity index (χ0) is 19.6. The van der Waals surface area contributed by atoms with Gasteiger partial charge in [-0.2, -0.15) is 4.99 Å². The van der Waals surface area contributed by atoms with Gasteiger partial charge in [0.25, 0.3) is 5.91 Å². The molecule has 0 atom stereocenters. The second-order valence-corrected chi connectivity index (χ2v) is 10.3. The van der Waals surface area contributed by atoms with Gasteiger partial charge in [0, 0.05) is 23.9 Å². The molecule has 9 heteroatoms. The van der Waals surface area contributed by atoms with Crippen molar-refractivity contribution in [3.63, 3.8) is 0 Å². The van der Waals surface area contributed by atoms with E-state index >= 15 is 0 Å². The molecule has 0 N–H and O–H groups in total. The maximum absolute atomic E-state index is 12.7. The minimum atomic E-state index is -3.21. The Hall–Kier alpha value is -1.60. The summed E-state index contributed by atoms with van der Waals surface area (Å²) in [6, 6.07) is 6.11. The Morgan fingerprint density at radius 2 is 2.11 bits per heavy atom. The summed E-state index contributed by atoms with van der Waals surface area (Å²) in [4.78, 5) is 18.8. The van der Waals surface area contributed by atoms with Crippen molar-refractivity contribution in [1.29, 1.82) is 0 Å². The minimum Gasteiger partial charge on any atom is -0.305 e. The van der Waals surface area contributed by atoms with Crippen LogP contribution in [0.15, 0.2) is 28.1 Å². The summed E-state index contributed by atoms with van der Waals surface area (Å²) in [6.45, 7) is 1.06. The Bertz CT molecular complexity index is 1070. The van der Waals surface area contributed by atoms with Crippen LogP contribution < -0.4 is 4.80 Å². The van der Waals surface area contributed by atoms with E-state index in [1.165, 1.54) is 21.9 Å². The van der Waals surface area contributed by atoms with E-state index in [0.717, 1.165) is 15.1 Å². The third kappa shape index (κ3) is 4.46. The number of thiazole rings is 1. The second-order valence-electron chi connectivity index (χ2n) is 6.39. The van der Waals surface area contributed by atoms with E-state index in [4.69, 9.17) is 6.42 Å². The molecule has 1 amide bonds. The number of terminal acetylenes is 1. The molecule has 1 fully saturated rings. The van der Waals surface area contributed by atoms with Gasteiger partial charge in [0.1, 0.15) is 0 Å². The van der Waals surface area contributed by atoms with E-state index in [2.05, 4.69) is 17.0 Å². The molecule has 144 valence electrons. The van der Waals surface area contributed by atoms with Gasteiger partial charge in [-0.1, -0.05) is 17.3 Å². The van der Waals surface area contributed by atoms with Crippen LogP contribution >= 0.6 is 23.1 Å². The standard InChI is InChI=1S/C18H21N3O3S3/c1-4-9-21-15-6-5-14(25-2)12-16(15)26-18(21)19-17(22)13-7-10-20(11-8-13)27(3,23)24/h1,5-6,12-13H,7-11H2,2-3H3. The quantitative estimate of drug-likeness (QED) is 0.558. The van der Waals surface area contributed by atoms with Crippen LogP contribution in [0.1, 0.15) is 12.8 Å². The first-order valence-electron chi connectivity index (χ1n) is 8.48. The van der Waals surface area contributed by atoms with Gasteiger partial charge in [-0.15, -0.1) is 18.2 Å². The topological polar surface area (TPSA) is 71.7 Å². The number of fused-ring (bicyclic) bond motifs is 1. The van der Waals surface area contributed by atoms with Gasteiger partial charge < -0.3 is 4.57 Å². The van der Waals surface area contributed by atoms with E-state index in [1.54, 1.807) is 11.8 Å². The van der Waals surface area contributed by atoms with Crippen molar-refractivity contribution in [3.8, 4) is 12.3 Å². The number of amides is 1. The molecule has 0 spiro atoms. The lowest BCUT2D eigenvalue weighted by Gasteiger charge is -2.28. The third-order valence-electron chi connectivity index (χ3n) is 4.62. The summed E-state index contributed by atoms with van der Waals surface area (Å²) < 4.78 is 27.6. The number of carbonyl (C=O) groups is 1. The first-order valence-corrected chi connectivity index (χ1v) is 12.4. The first kappa shape index (κ1) is 20.1. The molecule has 0 saturated carbocycles. The van der Waals surface area contributed by atoms with Crippen molar-refractivity contribution in [1.82, 2.24) is 8.87 Å². The van der Waals surface area contributed by atoms with Crippen LogP contribution in [0.3, 0.4) is 0 Å². The number of rotatable bonds is 4. The minimum absolute atomic E-state index is 0.203. The molecule has 27 heavy (non-hydrogen) atoms. The lowest BCUT2D eigenvalue weighted by Crippen LogP contribution is -2.39. The lowest BCUT2D eigenvalue weighted by molar-refractivity contribution is -0.122. The summed E-state index contributed by atoms with van der Waals surface area (Å²) in [5.74, 6) is 2.17. The predicted octanol–water partition coefficient (Wildman–Crippen LogP) is 2.16. The molecule has 1 aromatic carbocycles. The number of hydrogen-bond acceptors (Lipinski definition) is 5. The Morgan fingerprint density at radius 3 is 2.70 bits per heavy atom. The Morgan fingerprint density at radius 1 is 1.41 bits per heavy atom. The molecule has 6 nitrogen and oxygen atoms in total. The Balaban J connectivity index is 1.90. The highest BCUT2D eigenvalue weighted by Gasteiger charge is 2.28. The number of carbonyl (C=O) groups excluding carboxylic acids is 1. The summed E-state index contributed by atoms with van der Waals surface area (Å²) in [7, 11) is -3.21. The summed E-state index contributed by atoms with van der Waals surface area (Å²) in [5.41, 5.74) is 0.967. The summed E-state index contributed by atoms with van der Waals surface area (Å²) in [6.07, 6.45) is 9.70. The van der Waals surface area contributed by atoms with E-state index in [1.807, 2.05) is 23.0 Å². The molecule has 0 radical (unpaired) electrons. The van der Waals surface area contributed by atoms with E-state index in [-0.39, 0.29) is 11.8 Å². The largest absolute Gasteiger partial charge is 0.305 e. The fourth-order valence-corrected chi connectivity index (χ4v) is 5.59. The number of hydrogen-bond donors (Lipinski definition) is 0. The first-order chi connectivity index (χ1) is 12.8. The zero-order valence-corrected chi connectivity index (χ0v) is 17.7. The van der Waals surface area contributed by atoms with E-state index in [0.29, 0.717) is 37.3 Å². The normalized spacial score (nSPS) is 17.3. The van der Waals surface area contributed by atoms with Gasteiger partial charge >= 0.3 is 0 Å². The average molecular weight is 424 g/mol. The summed E-state index contributed by atoms with van der Waals surface area (Å²) in [5, 5.41) is 0. The van der Waals surface area contributed by atoms with Crippen LogP contribution in [0, 0.1) is 18.3 Å². The third-order valence-corrected chi connectivity index (χ3v) is 7.69. The molecule has 3 rings (SSSR count). The number of sulfonamides is 1. The van der Waals surface area contributed by atoms with Crippen LogP contribution in [0.2, 0.25) is 0 Å². The lowest BCUT2D eigenvalue weighted by atomic mass is 9.98. The monoisotopic (exact) mass is 423 g/mol.